The molecule has 6 heteroatoms. The number of amides is 1. The molecule has 0 bridgehead atoms. The molecule has 0 aliphatic heterocycles. The molecule has 0 radical (unpaired) electrons. The maximum atomic E-state index is 12.0. The number of hydrogen-bond acceptors (Lipinski definition) is 4. The average molecular weight is 264 g/mol. The lowest BCUT2D eigenvalue weighted by Gasteiger charge is -2.36. The van der Waals surface area contributed by atoms with Gasteiger partial charge in [0.25, 0.3) is 0 Å². The molecule has 1 fully saturated rings. The van der Waals surface area contributed by atoms with Gasteiger partial charge in [0.05, 0.1) is 11.2 Å². The van der Waals surface area contributed by atoms with Gasteiger partial charge in [-0.15, -0.1) is 0 Å². The number of carboxylic acids is 1. The predicted octanol–water partition coefficient (Wildman–Crippen LogP) is 0.970. The van der Waals surface area contributed by atoms with Gasteiger partial charge in [0.1, 0.15) is 5.75 Å². The van der Waals surface area contributed by atoms with Crippen molar-refractivity contribution in [3.8, 4) is 5.75 Å². The maximum absolute atomic E-state index is 12.0. The molecular weight excluding hydrogens is 248 g/mol. The Kier molecular flexibility index (Phi) is 3.71. The number of nitrogens with two attached hydrogens (primary N) is 1. The van der Waals surface area contributed by atoms with E-state index in [9.17, 15) is 9.59 Å². The average Bonchev–Trinajstić information content (AvgIpc) is 2.34. The summed E-state index contributed by atoms with van der Waals surface area (Å²) in [6.07, 6.45) is 2.27. The lowest BCUT2D eigenvalue weighted by Crippen LogP contribution is -2.56. The normalized spacial score (nSPS) is 16.3. The molecule has 6 nitrogen and oxygen atoms in total. The first-order valence-corrected chi connectivity index (χ1v) is 6.05. The zero-order valence-electron chi connectivity index (χ0n) is 10.4. The van der Waals surface area contributed by atoms with Crippen molar-refractivity contribution in [2.24, 2.45) is 5.73 Å². The zero-order chi connectivity index (χ0) is 13.9. The molecule has 0 atom stereocenters. The van der Waals surface area contributed by atoms with Crippen molar-refractivity contribution in [2.75, 3.05) is 11.9 Å². The molecule has 0 aromatic heterocycles. The molecule has 19 heavy (non-hydrogen) atoms. The van der Waals surface area contributed by atoms with E-state index in [1.54, 1.807) is 24.3 Å². The van der Waals surface area contributed by atoms with E-state index in [-0.39, 0.29) is 5.91 Å². The topological polar surface area (TPSA) is 102 Å². The highest BCUT2D eigenvalue weighted by molar-refractivity contribution is 5.99. The van der Waals surface area contributed by atoms with Gasteiger partial charge in [-0.2, -0.15) is 0 Å². The molecule has 4 N–H and O–H groups in total. The van der Waals surface area contributed by atoms with Crippen molar-refractivity contribution in [1.29, 1.82) is 0 Å². The molecule has 1 aliphatic carbocycles. The maximum Gasteiger partial charge on any atom is 0.341 e. The second-order valence-electron chi connectivity index (χ2n) is 4.64. The van der Waals surface area contributed by atoms with Gasteiger partial charge in [-0.3, -0.25) is 4.79 Å². The van der Waals surface area contributed by atoms with Crippen LogP contribution in [0.15, 0.2) is 24.3 Å². The first-order valence-electron chi connectivity index (χ1n) is 6.05. The zero-order valence-corrected chi connectivity index (χ0v) is 10.4. The van der Waals surface area contributed by atoms with Gasteiger partial charge in [-0.1, -0.05) is 12.1 Å². The number of carbonyl (C=O) groups is 2. The lowest BCUT2D eigenvalue weighted by atomic mass is 9.77. The SMILES string of the molecule is NC1(C(=O)Nc2ccccc2OCC(=O)O)CCC1. The molecule has 1 aromatic rings. The number of carbonyl (C=O) groups excluding carboxylic acids is 1. The number of nitrogens with one attached hydrogen (secondary N) is 1. The minimum absolute atomic E-state index is 0.259. The highest BCUT2D eigenvalue weighted by Gasteiger charge is 2.40. The Labute approximate surface area is 110 Å². The molecule has 0 unspecified atom stereocenters. The van der Waals surface area contributed by atoms with Crippen LogP contribution in [0.5, 0.6) is 5.75 Å². The monoisotopic (exact) mass is 264 g/mol. The van der Waals surface area contributed by atoms with Gasteiger partial charge in [-0.05, 0) is 31.4 Å². The number of hydrogen-bond donors (Lipinski definition) is 3. The van der Waals surface area contributed by atoms with Crippen LogP contribution in [0.25, 0.3) is 0 Å². The summed E-state index contributed by atoms with van der Waals surface area (Å²) in [5, 5.41) is 11.3. The summed E-state index contributed by atoms with van der Waals surface area (Å²) in [5.74, 6) is -1.01. The van der Waals surface area contributed by atoms with E-state index in [4.69, 9.17) is 15.6 Å². The third-order valence-corrected chi connectivity index (χ3v) is 3.18. The van der Waals surface area contributed by atoms with Gasteiger partial charge < -0.3 is 20.9 Å². The molecule has 2 rings (SSSR count). The highest BCUT2D eigenvalue weighted by Crippen LogP contribution is 2.32. The number of anilines is 1. The van der Waals surface area contributed by atoms with Crippen LogP contribution >= 0.6 is 0 Å². The standard InChI is InChI=1S/C13H16N2O4/c14-13(6-3-7-13)12(18)15-9-4-1-2-5-10(9)19-8-11(16)17/h1-2,4-5H,3,6-8,14H2,(H,15,18)(H,16,17). The van der Waals surface area contributed by atoms with Crippen molar-refractivity contribution in [1.82, 2.24) is 0 Å². The quantitative estimate of drug-likeness (QED) is 0.735. The second kappa shape index (κ2) is 5.27. The summed E-state index contributed by atoms with van der Waals surface area (Å²) < 4.78 is 5.11. The lowest BCUT2D eigenvalue weighted by molar-refractivity contribution is -0.139. The molecule has 1 saturated carbocycles. The molecule has 1 aliphatic rings. The van der Waals surface area contributed by atoms with Crippen LogP contribution < -0.4 is 15.8 Å². The Morgan fingerprint density at radius 1 is 1.37 bits per heavy atom. The fourth-order valence-corrected chi connectivity index (χ4v) is 1.87. The van der Waals surface area contributed by atoms with E-state index >= 15 is 0 Å². The Balaban J connectivity index is 2.07. The van der Waals surface area contributed by atoms with Crippen molar-refractivity contribution in [3.63, 3.8) is 0 Å². The Hall–Kier alpha value is -2.08. The van der Waals surface area contributed by atoms with E-state index in [0.29, 0.717) is 24.3 Å². The predicted molar refractivity (Wildman–Crippen MR) is 69.0 cm³/mol. The van der Waals surface area contributed by atoms with Crippen LogP contribution in [-0.2, 0) is 9.59 Å². The molecule has 1 aromatic carbocycles. The summed E-state index contributed by atoms with van der Waals surface area (Å²) >= 11 is 0. The molecule has 0 saturated heterocycles. The van der Waals surface area contributed by atoms with Crippen LogP contribution in [-0.4, -0.2) is 29.1 Å². The number of para-hydroxylation sites is 2. The van der Waals surface area contributed by atoms with Crippen LogP contribution in [0, 0.1) is 0 Å². The minimum Gasteiger partial charge on any atom is -0.480 e. The van der Waals surface area contributed by atoms with Gasteiger partial charge >= 0.3 is 5.97 Å². The Bertz CT molecular complexity index is 497. The molecule has 0 spiro atoms. The number of carboxylic acid groups (broad SMARTS) is 1. The third kappa shape index (κ3) is 3.03. The van der Waals surface area contributed by atoms with Crippen LogP contribution in [0.4, 0.5) is 5.69 Å². The number of benzene rings is 1. The fraction of sp³-hybridized carbons (Fsp3) is 0.385. The van der Waals surface area contributed by atoms with E-state index < -0.39 is 18.1 Å². The van der Waals surface area contributed by atoms with Crippen LogP contribution in [0.3, 0.4) is 0 Å². The summed E-state index contributed by atoms with van der Waals surface area (Å²) in [7, 11) is 0. The molecule has 0 heterocycles. The Morgan fingerprint density at radius 2 is 2.05 bits per heavy atom. The molecule has 102 valence electrons. The number of rotatable bonds is 5. The molecule has 1 amide bonds. The Morgan fingerprint density at radius 3 is 2.63 bits per heavy atom. The van der Waals surface area contributed by atoms with Gasteiger partial charge in [-0.25, -0.2) is 4.79 Å². The first kappa shape index (κ1) is 13.4. The van der Waals surface area contributed by atoms with Gasteiger partial charge in [0.2, 0.25) is 5.91 Å². The van der Waals surface area contributed by atoms with Crippen molar-refractivity contribution in [2.45, 2.75) is 24.8 Å². The van der Waals surface area contributed by atoms with Crippen molar-refractivity contribution < 1.29 is 19.4 Å². The van der Waals surface area contributed by atoms with Crippen molar-refractivity contribution >= 4 is 17.6 Å². The summed E-state index contributed by atoms with van der Waals surface area (Å²) in [6.45, 7) is -0.458. The van der Waals surface area contributed by atoms with E-state index in [0.717, 1.165) is 6.42 Å². The summed E-state index contributed by atoms with van der Waals surface area (Å²) in [4.78, 5) is 22.5. The summed E-state index contributed by atoms with van der Waals surface area (Å²) in [5.41, 5.74) is 5.55. The summed E-state index contributed by atoms with van der Waals surface area (Å²) in [6, 6.07) is 6.68. The third-order valence-electron chi connectivity index (χ3n) is 3.18. The minimum atomic E-state index is -1.07. The number of aliphatic carboxylic acids is 1. The number of ether oxygens (including phenoxy) is 1. The second-order valence-corrected chi connectivity index (χ2v) is 4.64. The van der Waals surface area contributed by atoms with Crippen LogP contribution in [0.2, 0.25) is 0 Å². The molecular formula is C13H16N2O4. The van der Waals surface area contributed by atoms with E-state index in [2.05, 4.69) is 5.32 Å². The largest absolute Gasteiger partial charge is 0.480 e. The highest BCUT2D eigenvalue weighted by atomic mass is 16.5. The first-order chi connectivity index (χ1) is 9.01. The van der Waals surface area contributed by atoms with Crippen LogP contribution in [0.1, 0.15) is 19.3 Å². The van der Waals surface area contributed by atoms with Gasteiger partial charge in [0.15, 0.2) is 6.61 Å². The smallest absolute Gasteiger partial charge is 0.341 e. The van der Waals surface area contributed by atoms with Crippen molar-refractivity contribution in [3.05, 3.63) is 24.3 Å². The van der Waals surface area contributed by atoms with E-state index in [1.807, 2.05) is 0 Å². The van der Waals surface area contributed by atoms with Gasteiger partial charge in [0, 0.05) is 0 Å². The fourth-order valence-electron chi connectivity index (χ4n) is 1.87. The van der Waals surface area contributed by atoms with E-state index in [1.165, 1.54) is 0 Å².